The van der Waals surface area contributed by atoms with Crippen LogP contribution in [0.4, 0.5) is 0 Å². The van der Waals surface area contributed by atoms with Gasteiger partial charge < -0.3 is 5.32 Å². The summed E-state index contributed by atoms with van der Waals surface area (Å²) in [6.45, 7) is 2.73. The molecule has 1 aromatic rings. The number of rotatable bonds is 3. The topological polar surface area (TPSA) is 42.0 Å². The molecule has 0 unspecified atom stereocenters. The van der Waals surface area contributed by atoms with E-state index < -0.39 is 0 Å². The summed E-state index contributed by atoms with van der Waals surface area (Å²) in [6, 6.07) is 0. The number of nitrogens with zero attached hydrogens (tertiary/aromatic N) is 1. The minimum Gasteiger partial charge on any atom is -0.351 e. The van der Waals surface area contributed by atoms with E-state index in [0.29, 0.717) is 0 Å². The van der Waals surface area contributed by atoms with Gasteiger partial charge in [-0.15, -0.1) is 11.3 Å². The molecule has 70 valence electrons. The predicted molar refractivity (Wildman–Crippen MR) is 51.9 cm³/mol. The molecule has 1 N–H and O–H groups in total. The Morgan fingerprint density at radius 2 is 2.54 bits per heavy atom. The van der Waals surface area contributed by atoms with Crippen LogP contribution in [-0.4, -0.2) is 17.4 Å². The van der Waals surface area contributed by atoms with E-state index in [-0.39, 0.29) is 5.91 Å². The lowest BCUT2D eigenvalue weighted by atomic mass is 10.4. The van der Waals surface area contributed by atoms with Gasteiger partial charge in [0, 0.05) is 6.54 Å². The molecule has 1 aliphatic rings. The molecule has 0 spiro atoms. The Bertz CT molecular complexity index is 317. The third-order valence-electron chi connectivity index (χ3n) is 2.09. The summed E-state index contributed by atoms with van der Waals surface area (Å²) in [5.41, 5.74) is 0. The van der Waals surface area contributed by atoms with Crippen molar-refractivity contribution in [2.24, 2.45) is 5.92 Å². The minimum absolute atomic E-state index is 0.0255. The fourth-order valence-corrected chi connectivity index (χ4v) is 1.81. The van der Waals surface area contributed by atoms with Gasteiger partial charge >= 0.3 is 0 Å². The first-order valence-corrected chi connectivity index (χ1v) is 5.28. The van der Waals surface area contributed by atoms with Crippen LogP contribution in [-0.2, 0) is 0 Å². The number of nitrogens with one attached hydrogen (secondary N) is 1. The number of amides is 1. The molecule has 1 heterocycles. The van der Waals surface area contributed by atoms with Crippen molar-refractivity contribution in [2.45, 2.75) is 19.8 Å². The van der Waals surface area contributed by atoms with Crippen molar-refractivity contribution in [2.75, 3.05) is 6.54 Å². The second kappa shape index (κ2) is 3.46. The SMILES string of the molecule is Cc1ncc(C(=O)NCC2CC2)s1. The molecule has 0 saturated heterocycles. The van der Waals surface area contributed by atoms with Gasteiger partial charge in [-0.2, -0.15) is 0 Å². The van der Waals surface area contributed by atoms with Gasteiger partial charge in [0.05, 0.1) is 11.2 Å². The fourth-order valence-electron chi connectivity index (χ4n) is 1.11. The Morgan fingerprint density at radius 1 is 1.77 bits per heavy atom. The molecular weight excluding hydrogens is 184 g/mol. The second-order valence-electron chi connectivity index (χ2n) is 3.40. The lowest BCUT2D eigenvalue weighted by Gasteiger charge is -1.99. The highest BCUT2D eigenvalue weighted by Crippen LogP contribution is 2.27. The van der Waals surface area contributed by atoms with Crippen molar-refractivity contribution in [3.63, 3.8) is 0 Å². The minimum atomic E-state index is 0.0255. The van der Waals surface area contributed by atoms with Crippen molar-refractivity contribution in [1.82, 2.24) is 10.3 Å². The molecule has 3 nitrogen and oxygen atoms in total. The van der Waals surface area contributed by atoms with Gasteiger partial charge in [-0.1, -0.05) is 0 Å². The molecule has 0 aliphatic heterocycles. The smallest absolute Gasteiger partial charge is 0.263 e. The first-order valence-electron chi connectivity index (χ1n) is 4.46. The summed E-state index contributed by atoms with van der Waals surface area (Å²) < 4.78 is 0. The molecule has 1 fully saturated rings. The first-order chi connectivity index (χ1) is 6.25. The maximum atomic E-state index is 11.4. The highest BCUT2D eigenvalue weighted by Gasteiger charge is 2.22. The van der Waals surface area contributed by atoms with Crippen LogP contribution >= 0.6 is 11.3 Å². The maximum Gasteiger partial charge on any atom is 0.263 e. The second-order valence-corrected chi connectivity index (χ2v) is 4.63. The van der Waals surface area contributed by atoms with Crippen LogP contribution in [0.1, 0.15) is 27.5 Å². The van der Waals surface area contributed by atoms with E-state index in [0.717, 1.165) is 22.3 Å². The molecule has 0 atom stereocenters. The molecule has 2 rings (SSSR count). The van der Waals surface area contributed by atoms with E-state index in [9.17, 15) is 4.79 Å². The number of hydrogen-bond donors (Lipinski definition) is 1. The first kappa shape index (κ1) is 8.69. The van der Waals surface area contributed by atoms with Gasteiger partial charge in [-0.3, -0.25) is 4.79 Å². The van der Waals surface area contributed by atoms with Crippen molar-refractivity contribution in [3.05, 3.63) is 16.1 Å². The Balaban J connectivity index is 1.88. The lowest BCUT2D eigenvalue weighted by molar-refractivity contribution is 0.0955. The van der Waals surface area contributed by atoms with Gasteiger partial charge in [0.2, 0.25) is 0 Å². The van der Waals surface area contributed by atoms with Crippen molar-refractivity contribution < 1.29 is 4.79 Å². The number of carbonyl (C=O) groups is 1. The summed E-state index contributed by atoms with van der Waals surface area (Å²) in [5, 5.41) is 3.85. The predicted octanol–water partition coefficient (Wildman–Crippen LogP) is 1.59. The van der Waals surface area contributed by atoms with Crippen LogP contribution in [0.25, 0.3) is 0 Å². The summed E-state index contributed by atoms with van der Waals surface area (Å²) in [4.78, 5) is 16.2. The average molecular weight is 196 g/mol. The van der Waals surface area contributed by atoms with E-state index >= 15 is 0 Å². The van der Waals surface area contributed by atoms with Crippen LogP contribution < -0.4 is 5.32 Å². The maximum absolute atomic E-state index is 11.4. The van der Waals surface area contributed by atoms with E-state index in [2.05, 4.69) is 10.3 Å². The van der Waals surface area contributed by atoms with Gasteiger partial charge in [-0.25, -0.2) is 4.98 Å². The molecule has 4 heteroatoms. The zero-order valence-corrected chi connectivity index (χ0v) is 8.36. The van der Waals surface area contributed by atoms with Crippen LogP contribution in [0.3, 0.4) is 0 Å². The number of aromatic nitrogens is 1. The van der Waals surface area contributed by atoms with Gasteiger partial charge in [0.25, 0.3) is 5.91 Å². The standard InChI is InChI=1S/C9H12N2OS/c1-6-10-5-8(13-6)9(12)11-4-7-2-3-7/h5,7H,2-4H2,1H3,(H,11,12). The molecule has 0 bridgehead atoms. The largest absolute Gasteiger partial charge is 0.351 e. The zero-order valence-electron chi connectivity index (χ0n) is 7.54. The number of thiazole rings is 1. The quantitative estimate of drug-likeness (QED) is 0.797. The molecule has 13 heavy (non-hydrogen) atoms. The van der Waals surface area contributed by atoms with E-state index in [4.69, 9.17) is 0 Å². The summed E-state index contributed by atoms with van der Waals surface area (Å²) in [6.07, 6.45) is 4.17. The molecular formula is C9H12N2OS. The molecule has 1 amide bonds. The average Bonchev–Trinajstić information content (AvgIpc) is 2.84. The normalized spacial score (nSPS) is 15.8. The third-order valence-corrected chi connectivity index (χ3v) is 3.00. The molecule has 1 aromatic heterocycles. The molecule has 1 saturated carbocycles. The molecule has 0 aromatic carbocycles. The molecule has 0 radical (unpaired) electrons. The number of carbonyl (C=O) groups excluding carboxylic acids is 1. The van der Waals surface area contributed by atoms with Crippen LogP contribution in [0, 0.1) is 12.8 Å². The number of hydrogen-bond acceptors (Lipinski definition) is 3. The summed E-state index contributed by atoms with van der Waals surface area (Å²) >= 11 is 1.44. The Labute approximate surface area is 81.2 Å². The fraction of sp³-hybridized carbons (Fsp3) is 0.556. The highest BCUT2D eigenvalue weighted by molar-refractivity contribution is 7.13. The highest BCUT2D eigenvalue weighted by atomic mass is 32.1. The van der Waals surface area contributed by atoms with Crippen molar-refractivity contribution in [1.29, 1.82) is 0 Å². The van der Waals surface area contributed by atoms with Crippen LogP contribution in [0.15, 0.2) is 6.20 Å². The molecule has 1 aliphatic carbocycles. The van der Waals surface area contributed by atoms with E-state index in [1.54, 1.807) is 6.20 Å². The van der Waals surface area contributed by atoms with Gasteiger partial charge in [0.1, 0.15) is 4.88 Å². The van der Waals surface area contributed by atoms with E-state index in [1.165, 1.54) is 24.2 Å². The van der Waals surface area contributed by atoms with Gasteiger partial charge in [0.15, 0.2) is 0 Å². The monoisotopic (exact) mass is 196 g/mol. The van der Waals surface area contributed by atoms with Crippen molar-refractivity contribution >= 4 is 17.2 Å². The van der Waals surface area contributed by atoms with Crippen LogP contribution in [0.2, 0.25) is 0 Å². The van der Waals surface area contributed by atoms with Crippen LogP contribution in [0.5, 0.6) is 0 Å². The summed E-state index contributed by atoms with van der Waals surface area (Å²) in [5.74, 6) is 0.760. The van der Waals surface area contributed by atoms with Gasteiger partial charge in [-0.05, 0) is 25.7 Å². The summed E-state index contributed by atoms with van der Waals surface area (Å²) in [7, 11) is 0. The third kappa shape index (κ3) is 2.28. The lowest BCUT2D eigenvalue weighted by Crippen LogP contribution is -2.24. The zero-order chi connectivity index (χ0) is 9.26. The van der Waals surface area contributed by atoms with Crippen molar-refractivity contribution in [3.8, 4) is 0 Å². The van der Waals surface area contributed by atoms with E-state index in [1.807, 2.05) is 6.92 Å². The Morgan fingerprint density at radius 3 is 3.08 bits per heavy atom. The Hall–Kier alpha value is -0.900. The Kier molecular flexibility index (Phi) is 2.31. The number of aryl methyl sites for hydroxylation is 1.